The Balaban J connectivity index is 1.89. The molecule has 2 atom stereocenters. The van der Waals surface area contributed by atoms with Crippen LogP contribution in [0, 0.1) is 5.92 Å². The molecule has 0 bridgehead atoms. The minimum atomic E-state index is -0.628. The van der Waals surface area contributed by atoms with Crippen molar-refractivity contribution in [2.75, 3.05) is 6.54 Å². The Morgan fingerprint density at radius 3 is 2.68 bits per heavy atom. The van der Waals surface area contributed by atoms with Gasteiger partial charge in [-0.3, -0.25) is 0 Å². The average molecular weight is 259 g/mol. The number of benzene rings is 1. The van der Waals surface area contributed by atoms with Crippen molar-refractivity contribution in [2.45, 2.75) is 57.1 Å². The highest BCUT2D eigenvalue weighted by atomic mass is 16.3. The third kappa shape index (κ3) is 2.44. The summed E-state index contributed by atoms with van der Waals surface area (Å²) in [5.41, 5.74) is 2.09. The molecule has 1 aromatic carbocycles. The molecule has 2 unspecified atom stereocenters. The molecule has 3 rings (SSSR count). The van der Waals surface area contributed by atoms with E-state index in [1.54, 1.807) is 0 Å². The Morgan fingerprint density at radius 1 is 1.16 bits per heavy atom. The van der Waals surface area contributed by atoms with Gasteiger partial charge in [-0.25, -0.2) is 0 Å². The van der Waals surface area contributed by atoms with Gasteiger partial charge in [-0.1, -0.05) is 43.5 Å². The lowest BCUT2D eigenvalue weighted by Crippen LogP contribution is -2.50. The van der Waals surface area contributed by atoms with Crippen molar-refractivity contribution >= 4 is 0 Å². The van der Waals surface area contributed by atoms with Crippen LogP contribution >= 0.6 is 0 Å². The van der Waals surface area contributed by atoms with Crippen LogP contribution in [0.4, 0.5) is 0 Å². The lowest BCUT2D eigenvalue weighted by Gasteiger charge is -2.44. The monoisotopic (exact) mass is 259 g/mol. The summed E-state index contributed by atoms with van der Waals surface area (Å²) in [6.07, 6.45) is 7.31. The second kappa shape index (κ2) is 5.26. The highest BCUT2D eigenvalue weighted by Gasteiger charge is 2.42. The number of hydrogen-bond acceptors (Lipinski definition) is 2. The Bertz CT molecular complexity index is 435. The molecule has 0 amide bonds. The van der Waals surface area contributed by atoms with Gasteiger partial charge >= 0.3 is 0 Å². The highest BCUT2D eigenvalue weighted by molar-refractivity contribution is 5.34. The Hall–Kier alpha value is -0.860. The summed E-state index contributed by atoms with van der Waals surface area (Å²) >= 11 is 0. The summed E-state index contributed by atoms with van der Waals surface area (Å²) in [7, 11) is 0. The third-order valence-electron chi connectivity index (χ3n) is 5.13. The zero-order valence-corrected chi connectivity index (χ0v) is 11.9. The van der Waals surface area contributed by atoms with E-state index < -0.39 is 5.60 Å². The summed E-state index contributed by atoms with van der Waals surface area (Å²) in [5, 5.41) is 14.7. The summed E-state index contributed by atoms with van der Waals surface area (Å²) in [6.45, 7) is 3.02. The maximum absolute atomic E-state index is 11.1. The van der Waals surface area contributed by atoms with Crippen LogP contribution in [0.2, 0.25) is 0 Å². The van der Waals surface area contributed by atoms with Crippen LogP contribution in [0.1, 0.15) is 56.2 Å². The van der Waals surface area contributed by atoms with E-state index in [9.17, 15) is 5.11 Å². The number of hydrogen-bond donors (Lipinski definition) is 2. The van der Waals surface area contributed by atoms with E-state index in [0.717, 1.165) is 13.0 Å². The van der Waals surface area contributed by atoms with Gasteiger partial charge in [-0.15, -0.1) is 0 Å². The molecule has 0 spiro atoms. The van der Waals surface area contributed by atoms with E-state index in [2.05, 4.69) is 29.6 Å². The molecule has 2 aliphatic rings. The summed E-state index contributed by atoms with van der Waals surface area (Å²) < 4.78 is 0. The molecule has 2 heteroatoms. The minimum Gasteiger partial charge on any atom is -0.388 e. The zero-order valence-electron chi connectivity index (χ0n) is 11.9. The average Bonchev–Trinajstić information content (AvgIpc) is 2.47. The van der Waals surface area contributed by atoms with Crippen LogP contribution in [0.25, 0.3) is 0 Å². The maximum Gasteiger partial charge on any atom is 0.0841 e. The molecular formula is C17H25NO. The van der Waals surface area contributed by atoms with E-state index in [1.165, 1.54) is 43.2 Å². The summed E-state index contributed by atoms with van der Waals surface area (Å²) in [6, 6.07) is 8.69. The number of rotatable bonds is 2. The van der Waals surface area contributed by atoms with Gasteiger partial charge in [0.2, 0.25) is 0 Å². The molecule has 1 saturated carbocycles. The summed E-state index contributed by atoms with van der Waals surface area (Å²) in [5.74, 6) is 0.435. The number of fused-ring (bicyclic) bond motifs is 1. The first-order valence-corrected chi connectivity index (χ1v) is 7.73. The van der Waals surface area contributed by atoms with Crippen molar-refractivity contribution in [1.82, 2.24) is 5.32 Å². The fourth-order valence-electron chi connectivity index (χ4n) is 3.95. The SMILES string of the molecule is CC(O)(C1CCCCC1)C1NCCc2ccccc21. The molecule has 2 N–H and O–H groups in total. The largest absolute Gasteiger partial charge is 0.388 e. The molecule has 104 valence electrons. The van der Waals surface area contributed by atoms with Gasteiger partial charge in [0.25, 0.3) is 0 Å². The van der Waals surface area contributed by atoms with Gasteiger partial charge in [0.05, 0.1) is 11.6 Å². The predicted molar refractivity (Wildman–Crippen MR) is 78.1 cm³/mol. The molecule has 19 heavy (non-hydrogen) atoms. The Labute approximate surface area is 116 Å². The highest BCUT2D eigenvalue weighted by Crippen LogP contribution is 2.41. The minimum absolute atomic E-state index is 0.0977. The quantitative estimate of drug-likeness (QED) is 0.855. The molecule has 0 aromatic heterocycles. The third-order valence-corrected chi connectivity index (χ3v) is 5.13. The standard InChI is InChI=1S/C17H25NO/c1-17(19,14-8-3-2-4-9-14)16-15-10-6-5-7-13(15)11-12-18-16/h5-7,10,14,16,18-19H,2-4,8-9,11-12H2,1H3. The van der Waals surface area contributed by atoms with Gasteiger partial charge in [0.1, 0.15) is 0 Å². The van der Waals surface area contributed by atoms with Gasteiger partial charge in [-0.2, -0.15) is 0 Å². The maximum atomic E-state index is 11.1. The first-order valence-electron chi connectivity index (χ1n) is 7.73. The lowest BCUT2D eigenvalue weighted by molar-refractivity contribution is -0.0507. The van der Waals surface area contributed by atoms with Crippen molar-refractivity contribution < 1.29 is 5.11 Å². The van der Waals surface area contributed by atoms with Crippen molar-refractivity contribution in [3.05, 3.63) is 35.4 Å². The van der Waals surface area contributed by atoms with Crippen LogP contribution in [0.3, 0.4) is 0 Å². The van der Waals surface area contributed by atoms with Crippen LogP contribution in [-0.2, 0) is 6.42 Å². The molecular weight excluding hydrogens is 234 g/mol. The van der Waals surface area contributed by atoms with Crippen LogP contribution in [-0.4, -0.2) is 17.3 Å². The van der Waals surface area contributed by atoms with E-state index in [-0.39, 0.29) is 6.04 Å². The molecule has 0 radical (unpaired) electrons. The molecule has 1 aromatic rings. The zero-order chi connectivity index (χ0) is 13.3. The van der Waals surface area contributed by atoms with Crippen LogP contribution < -0.4 is 5.32 Å². The van der Waals surface area contributed by atoms with Crippen molar-refractivity contribution in [2.24, 2.45) is 5.92 Å². The molecule has 0 saturated heterocycles. The van der Waals surface area contributed by atoms with E-state index in [0.29, 0.717) is 5.92 Å². The number of nitrogens with one attached hydrogen (secondary N) is 1. The lowest BCUT2D eigenvalue weighted by atomic mass is 9.71. The van der Waals surface area contributed by atoms with Crippen molar-refractivity contribution in [3.8, 4) is 0 Å². The van der Waals surface area contributed by atoms with Crippen molar-refractivity contribution in [3.63, 3.8) is 0 Å². The van der Waals surface area contributed by atoms with Gasteiger partial charge in [0, 0.05) is 0 Å². The second-order valence-electron chi connectivity index (χ2n) is 6.40. The Morgan fingerprint density at radius 2 is 1.89 bits per heavy atom. The van der Waals surface area contributed by atoms with Crippen LogP contribution in [0.5, 0.6) is 0 Å². The molecule has 1 heterocycles. The molecule has 2 nitrogen and oxygen atoms in total. The van der Waals surface area contributed by atoms with E-state index in [1.807, 2.05) is 6.92 Å². The number of aliphatic hydroxyl groups is 1. The first kappa shape index (κ1) is 13.1. The topological polar surface area (TPSA) is 32.3 Å². The summed E-state index contributed by atoms with van der Waals surface area (Å²) in [4.78, 5) is 0. The van der Waals surface area contributed by atoms with Gasteiger partial charge in [-0.05, 0) is 49.8 Å². The van der Waals surface area contributed by atoms with Gasteiger partial charge < -0.3 is 10.4 Å². The first-order chi connectivity index (χ1) is 9.19. The molecule has 1 fully saturated rings. The van der Waals surface area contributed by atoms with Crippen molar-refractivity contribution in [1.29, 1.82) is 0 Å². The fourth-order valence-corrected chi connectivity index (χ4v) is 3.95. The van der Waals surface area contributed by atoms with E-state index >= 15 is 0 Å². The normalized spacial score (nSPS) is 27.6. The van der Waals surface area contributed by atoms with E-state index in [4.69, 9.17) is 0 Å². The second-order valence-corrected chi connectivity index (χ2v) is 6.40. The van der Waals surface area contributed by atoms with Crippen LogP contribution in [0.15, 0.2) is 24.3 Å². The fraction of sp³-hybridized carbons (Fsp3) is 0.647. The molecule has 1 aliphatic heterocycles. The molecule has 1 aliphatic carbocycles. The predicted octanol–water partition coefficient (Wildman–Crippen LogP) is 3.20. The smallest absolute Gasteiger partial charge is 0.0841 e. The Kier molecular flexibility index (Phi) is 3.64. The van der Waals surface area contributed by atoms with Gasteiger partial charge in [0.15, 0.2) is 0 Å².